The van der Waals surface area contributed by atoms with Gasteiger partial charge in [0.15, 0.2) is 11.5 Å². The van der Waals surface area contributed by atoms with Crippen LogP contribution in [0.25, 0.3) is 60.9 Å². The minimum absolute atomic E-state index is 0.843. The van der Waals surface area contributed by atoms with Crippen LogP contribution in [0.3, 0.4) is 0 Å². The highest BCUT2D eigenvalue weighted by molar-refractivity contribution is 6.10. The van der Waals surface area contributed by atoms with E-state index < -0.39 is 0 Å². The maximum atomic E-state index is 6.48. The largest absolute Gasteiger partial charge is 0.453 e. The van der Waals surface area contributed by atoms with Crippen molar-refractivity contribution in [1.29, 1.82) is 0 Å². The number of hydrogen-bond acceptors (Lipinski definition) is 2. The molecule has 3 heteroatoms. The molecule has 1 aliphatic rings. The zero-order valence-corrected chi connectivity index (χ0v) is 27.8. The van der Waals surface area contributed by atoms with Crippen LogP contribution >= 0.6 is 0 Å². The van der Waals surface area contributed by atoms with Gasteiger partial charge in [0.2, 0.25) is 0 Å². The highest BCUT2D eigenvalue weighted by Gasteiger charge is 2.26. The van der Waals surface area contributed by atoms with E-state index in [9.17, 15) is 0 Å². The van der Waals surface area contributed by atoms with Crippen LogP contribution in [0.5, 0.6) is 11.5 Å². The molecule has 0 atom stereocenters. The molecule has 3 nitrogen and oxygen atoms in total. The van der Waals surface area contributed by atoms with Crippen molar-refractivity contribution in [3.05, 3.63) is 194 Å². The zero-order valence-electron chi connectivity index (χ0n) is 27.8. The van der Waals surface area contributed by atoms with E-state index in [0.717, 1.165) is 45.4 Å². The van der Waals surface area contributed by atoms with Gasteiger partial charge in [-0.3, -0.25) is 0 Å². The highest BCUT2D eigenvalue weighted by atomic mass is 16.5. The smallest absolute Gasteiger partial charge is 0.152 e. The van der Waals surface area contributed by atoms with Gasteiger partial charge in [0.1, 0.15) is 0 Å². The Hall–Kier alpha value is -6.84. The van der Waals surface area contributed by atoms with Crippen molar-refractivity contribution in [3.8, 4) is 50.6 Å². The number of benzene rings is 8. The molecule has 0 saturated carbocycles. The van der Waals surface area contributed by atoms with Gasteiger partial charge in [-0.1, -0.05) is 127 Å². The fourth-order valence-electron chi connectivity index (χ4n) is 7.51. The molecule has 10 rings (SSSR count). The van der Waals surface area contributed by atoms with E-state index in [1.807, 2.05) is 18.2 Å². The topological polar surface area (TPSA) is 17.4 Å². The third-order valence-corrected chi connectivity index (χ3v) is 10.00. The van der Waals surface area contributed by atoms with E-state index in [0.29, 0.717) is 0 Å². The molecule has 0 saturated heterocycles. The number of rotatable bonds is 5. The van der Waals surface area contributed by atoms with E-state index >= 15 is 0 Å². The minimum Gasteiger partial charge on any atom is -0.453 e. The monoisotopic (exact) mass is 652 g/mol. The van der Waals surface area contributed by atoms with Crippen LogP contribution in [-0.2, 0) is 0 Å². The third kappa shape index (κ3) is 4.98. The zero-order chi connectivity index (χ0) is 33.7. The van der Waals surface area contributed by atoms with Crippen LogP contribution in [0, 0.1) is 0 Å². The maximum Gasteiger partial charge on any atom is 0.152 e. The lowest BCUT2D eigenvalue weighted by Gasteiger charge is -2.33. The second kappa shape index (κ2) is 11.9. The van der Waals surface area contributed by atoms with Crippen LogP contribution in [-0.4, -0.2) is 4.57 Å². The SMILES string of the molecule is c1ccc(-c2ccc(-n3c4ccccc4c4cc(-c5ccc(-c6ccc7c(c6)Oc6ccccc6N7c6ccccc6)cc5)ccc43)cc2)cc1. The second-order valence-corrected chi connectivity index (χ2v) is 13.0. The van der Waals surface area contributed by atoms with Gasteiger partial charge in [0.05, 0.1) is 22.4 Å². The van der Waals surface area contributed by atoms with Gasteiger partial charge in [-0.2, -0.15) is 0 Å². The van der Waals surface area contributed by atoms with Crippen molar-refractivity contribution in [3.63, 3.8) is 0 Å². The third-order valence-electron chi connectivity index (χ3n) is 10.00. The van der Waals surface area contributed by atoms with Crippen LogP contribution in [0.2, 0.25) is 0 Å². The minimum atomic E-state index is 0.843. The van der Waals surface area contributed by atoms with Gasteiger partial charge in [-0.25, -0.2) is 0 Å². The van der Waals surface area contributed by atoms with Crippen molar-refractivity contribution in [2.75, 3.05) is 4.90 Å². The molecule has 240 valence electrons. The first-order chi connectivity index (χ1) is 25.3. The Kier molecular flexibility index (Phi) is 6.81. The van der Waals surface area contributed by atoms with Crippen LogP contribution in [0.15, 0.2) is 194 Å². The Labute approximate surface area is 296 Å². The molecule has 51 heavy (non-hydrogen) atoms. The molecule has 0 unspecified atom stereocenters. The molecule has 0 radical (unpaired) electrons. The van der Waals surface area contributed by atoms with Gasteiger partial charge < -0.3 is 14.2 Å². The summed E-state index contributed by atoms with van der Waals surface area (Å²) in [5.41, 5.74) is 13.8. The number of para-hydroxylation sites is 4. The molecule has 2 heterocycles. The second-order valence-electron chi connectivity index (χ2n) is 13.0. The summed E-state index contributed by atoms with van der Waals surface area (Å²) in [5, 5.41) is 2.49. The Bertz CT molecular complexity index is 2690. The Morgan fingerprint density at radius 1 is 0.314 bits per heavy atom. The van der Waals surface area contributed by atoms with Crippen molar-refractivity contribution in [2.45, 2.75) is 0 Å². The van der Waals surface area contributed by atoms with Crippen LogP contribution in [0.4, 0.5) is 17.1 Å². The predicted molar refractivity (Wildman–Crippen MR) is 212 cm³/mol. The number of nitrogens with zero attached hydrogens (tertiary/aromatic N) is 2. The molecule has 0 N–H and O–H groups in total. The lowest BCUT2D eigenvalue weighted by Crippen LogP contribution is -2.15. The predicted octanol–water partition coefficient (Wildman–Crippen LogP) is 13.4. The Balaban J connectivity index is 0.988. The average Bonchev–Trinajstić information content (AvgIpc) is 3.54. The van der Waals surface area contributed by atoms with Crippen LogP contribution in [0.1, 0.15) is 0 Å². The summed E-state index contributed by atoms with van der Waals surface area (Å²) in [7, 11) is 0. The van der Waals surface area contributed by atoms with Crippen molar-refractivity contribution in [1.82, 2.24) is 4.57 Å². The van der Waals surface area contributed by atoms with Gasteiger partial charge in [-0.05, 0) is 100 Å². The first-order valence-electron chi connectivity index (χ1n) is 17.3. The molecule has 0 fully saturated rings. The summed E-state index contributed by atoms with van der Waals surface area (Å²) in [6, 6.07) is 69.1. The molecular formula is C48H32N2O. The van der Waals surface area contributed by atoms with Crippen molar-refractivity contribution >= 4 is 38.9 Å². The fraction of sp³-hybridized carbons (Fsp3) is 0. The van der Waals surface area contributed by atoms with Crippen LogP contribution < -0.4 is 9.64 Å². The molecular weight excluding hydrogens is 621 g/mol. The van der Waals surface area contributed by atoms with Crippen molar-refractivity contribution in [2.24, 2.45) is 0 Å². The van der Waals surface area contributed by atoms with E-state index in [2.05, 4.69) is 185 Å². The van der Waals surface area contributed by atoms with Gasteiger partial charge in [-0.15, -0.1) is 0 Å². The average molecular weight is 653 g/mol. The maximum absolute atomic E-state index is 6.48. The number of hydrogen-bond donors (Lipinski definition) is 0. The van der Waals surface area contributed by atoms with Gasteiger partial charge in [0.25, 0.3) is 0 Å². The van der Waals surface area contributed by atoms with Crippen molar-refractivity contribution < 1.29 is 4.74 Å². The van der Waals surface area contributed by atoms with E-state index in [1.165, 1.54) is 44.1 Å². The number of ether oxygens (including phenoxy) is 1. The number of anilines is 3. The molecule has 9 aromatic rings. The fourth-order valence-corrected chi connectivity index (χ4v) is 7.51. The lowest BCUT2D eigenvalue weighted by molar-refractivity contribution is 0.477. The van der Waals surface area contributed by atoms with E-state index in [1.54, 1.807) is 0 Å². The molecule has 1 aromatic heterocycles. The molecule has 0 bridgehead atoms. The van der Waals surface area contributed by atoms with Gasteiger partial charge in [0, 0.05) is 22.1 Å². The lowest BCUT2D eigenvalue weighted by atomic mass is 9.98. The quantitative estimate of drug-likeness (QED) is 0.184. The summed E-state index contributed by atoms with van der Waals surface area (Å²) in [6.45, 7) is 0. The van der Waals surface area contributed by atoms with E-state index in [4.69, 9.17) is 4.74 Å². The number of fused-ring (bicyclic) bond motifs is 5. The summed E-state index contributed by atoms with van der Waals surface area (Å²) in [6.07, 6.45) is 0. The number of aromatic nitrogens is 1. The molecule has 0 amide bonds. The molecule has 0 aliphatic carbocycles. The Morgan fingerprint density at radius 2 is 0.843 bits per heavy atom. The molecule has 1 aliphatic heterocycles. The summed E-state index contributed by atoms with van der Waals surface area (Å²) in [5.74, 6) is 1.69. The molecule has 0 spiro atoms. The summed E-state index contributed by atoms with van der Waals surface area (Å²) < 4.78 is 8.85. The molecule has 8 aromatic carbocycles. The van der Waals surface area contributed by atoms with E-state index in [-0.39, 0.29) is 0 Å². The summed E-state index contributed by atoms with van der Waals surface area (Å²) >= 11 is 0. The normalized spacial score (nSPS) is 12.0. The first kappa shape index (κ1) is 29.1. The standard InChI is InChI=1S/C48H32N2O/c1-3-11-33(12-4-1)34-23-27-40(28-24-34)49-43-16-8-7-15-41(43)42-31-37(25-29-44(42)49)35-19-21-36(22-20-35)38-26-30-46-48(32-38)51-47-18-10-9-17-45(47)50(46)39-13-5-2-6-14-39/h1-32H. The Morgan fingerprint density at radius 3 is 1.63 bits per heavy atom. The van der Waals surface area contributed by atoms with Gasteiger partial charge >= 0.3 is 0 Å². The highest BCUT2D eigenvalue weighted by Crippen LogP contribution is 2.51. The summed E-state index contributed by atoms with van der Waals surface area (Å²) in [4.78, 5) is 2.27. The first-order valence-corrected chi connectivity index (χ1v) is 17.3.